The average molecular weight is 493 g/mol. The predicted molar refractivity (Wildman–Crippen MR) is 134 cm³/mol. The second-order valence-corrected chi connectivity index (χ2v) is 9.16. The topological polar surface area (TPSA) is 106 Å². The van der Waals surface area contributed by atoms with Crippen molar-refractivity contribution >= 4 is 11.8 Å². The Morgan fingerprint density at radius 3 is 2.53 bits per heavy atom. The van der Waals surface area contributed by atoms with E-state index in [-0.39, 0.29) is 6.03 Å². The quantitative estimate of drug-likeness (QED) is 0.530. The normalized spacial score (nSPS) is 16.3. The Balaban J connectivity index is 1.12. The van der Waals surface area contributed by atoms with Gasteiger partial charge in [0.15, 0.2) is 11.5 Å². The zero-order valence-corrected chi connectivity index (χ0v) is 20.8. The van der Waals surface area contributed by atoms with Crippen LogP contribution in [-0.2, 0) is 6.54 Å². The summed E-state index contributed by atoms with van der Waals surface area (Å²) in [7, 11) is 3.20. The van der Waals surface area contributed by atoms with Gasteiger partial charge in [0.25, 0.3) is 0 Å². The van der Waals surface area contributed by atoms with Crippen LogP contribution in [0.15, 0.2) is 41.1 Å². The minimum absolute atomic E-state index is 0.0806. The molecule has 190 valence electrons. The number of nitrogens with one attached hydrogen (secondary N) is 1. The first-order valence-electron chi connectivity index (χ1n) is 12.4. The van der Waals surface area contributed by atoms with Crippen LogP contribution in [0.1, 0.15) is 43.1 Å². The number of methoxy groups -OCH3 is 2. The van der Waals surface area contributed by atoms with E-state index in [1.807, 2.05) is 35.2 Å². The lowest BCUT2D eigenvalue weighted by Crippen LogP contribution is -2.51. The Bertz CT molecular complexity index is 1170. The Morgan fingerprint density at radius 2 is 1.83 bits per heavy atom. The fourth-order valence-electron chi connectivity index (χ4n) is 4.82. The molecule has 3 heterocycles. The van der Waals surface area contributed by atoms with Crippen LogP contribution in [0.4, 0.5) is 10.6 Å². The lowest BCUT2D eigenvalue weighted by atomic mass is 10.1. The molecule has 1 N–H and O–H groups in total. The van der Waals surface area contributed by atoms with Crippen LogP contribution in [-0.4, -0.2) is 66.5 Å². The highest BCUT2D eigenvalue weighted by Crippen LogP contribution is 2.34. The lowest BCUT2D eigenvalue weighted by molar-refractivity contribution is 0.194. The molecule has 0 unspecified atom stereocenters. The van der Waals surface area contributed by atoms with Crippen molar-refractivity contribution in [3.63, 3.8) is 0 Å². The molecule has 2 fully saturated rings. The Hall–Kier alpha value is -3.82. The van der Waals surface area contributed by atoms with Crippen molar-refractivity contribution in [2.75, 3.05) is 45.3 Å². The SMILES string of the molecule is COc1ccc(CNC(=O)N2CCN(c3ccc(-c4noc(C5CCCC5)n4)cn3)CC2)cc1OC. The molecule has 2 amide bonds. The molecule has 36 heavy (non-hydrogen) atoms. The molecule has 2 aromatic heterocycles. The molecule has 1 saturated heterocycles. The van der Waals surface area contributed by atoms with Gasteiger partial charge in [-0.05, 0) is 42.7 Å². The fraction of sp³-hybridized carbons (Fsp3) is 0.462. The van der Waals surface area contributed by atoms with Gasteiger partial charge in [0, 0.05) is 50.4 Å². The molecule has 3 aromatic rings. The lowest BCUT2D eigenvalue weighted by Gasteiger charge is -2.35. The summed E-state index contributed by atoms with van der Waals surface area (Å²) in [4.78, 5) is 25.9. The van der Waals surface area contributed by atoms with E-state index in [0.29, 0.717) is 56.0 Å². The number of urea groups is 1. The molecule has 1 aliphatic heterocycles. The zero-order valence-electron chi connectivity index (χ0n) is 20.8. The number of ether oxygens (including phenoxy) is 2. The number of anilines is 1. The summed E-state index contributed by atoms with van der Waals surface area (Å²) in [5.41, 5.74) is 1.79. The van der Waals surface area contributed by atoms with Gasteiger partial charge in [-0.2, -0.15) is 4.98 Å². The van der Waals surface area contributed by atoms with E-state index in [9.17, 15) is 4.79 Å². The van der Waals surface area contributed by atoms with E-state index in [1.165, 1.54) is 12.8 Å². The molecule has 0 spiro atoms. The monoisotopic (exact) mass is 492 g/mol. The smallest absolute Gasteiger partial charge is 0.317 e. The van der Waals surface area contributed by atoms with Crippen LogP contribution >= 0.6 is 0 Å². The molecule has 1 aromatic carbocycles. The summed E-state index contributed by atoms with van der Waals surface area (Å²) in [6.07, 6.45) is 6.50. The first-order chi connectivity index (χ1) is 17.6. The molecule has 1 saturated carbocycles. The number of pyridine rings is 1. The van der Waals surface area contributed by atoms with E-state index >= 15 is 0 Å². The molecular formula is C26H32N6O4. The molecule has 0 bridgehead atoms. The maximum Gasteiger partial charge on any atom is 0.317 e. The Kier molecular flexibility index (Phi) is 7.20. The number of amides is 2. The summed E-state index contributed by atoms with van der Waals surface area (Å²) in [6.45, 7) is 3.09. The largest absolute Gasteiger partial charge is 0.493 e. The standard InChI is InChI=1S/C26H32N6O4/c1-34-21-9-7-18(15-22(21)35-2)16-28-26(33)32-13-11-31(12-14-32)23-10-8-20(17-27-23)24-29-25(36-30-24)19-5-3-4-6-19/h7-10,15,17,19H,3-6,11-14,16H2,1-2H3,(H,28,33). The van der Waals surface area contributed by atoms with Crippen LogP contribution in [0.5, 0.6) is 11.5 Å². The average Bonchev–Trinajstić information content (AvgIpc) is 3.64. The number of carbonyl (C=O) groups excluding carboxylic acids is 1. The number of hydrogen-bond donors (Lipinski definition) is 1. The van der Waals surface area contributed by atoms with Crippen molar-refractivity contribution in [3.8, 4) is 22.9 Å². The second kappa shape index (κ2) is 10.8. The summed E-state index contributed by atoms with van der Waals surface area (Å²) in [5, 5.41) is 7.15. The molecular weight excluding hydrogens is 460 g/mol. The first-order valence-corrected chi connectivity index (χ1v) is 12.4. The highest BCUT2D eigenvalue weighted by atomic mass is 16.5. The Labute approximate surface area is 210 Å². The number of benzene rings is 1. The second-order valence-electron chi connectivity index (χ2n) is 9.16. The van der Waals surface area contributed by atoms with E-state index in [0.717, 1.165) is 35.7 Å². The van der Waals surface area contributed by atoms with Crippen LogP contribution in [0, 0.1) is 0 Å². The van der Waals surface area contributed by atoms with Gasteiger partial charge in [-0.3, -0.25) is 0 Å². The van der Waals surface area contributed by atoms with E-state index in [1.54, 1.807) is 20.4 Å². The zero-order chi connectivity index (χ0) is 24.9. The van der Waals surface area contributed by atoms with Crippen molar-refractivity contribution in [1.29, 1.82) is 0 Å². The molecule has 10 nitrogen and oxygen atoms in total. The first kappa shape index (κ1) is 23.9. The Morgan fingerprint density at radius 1 is 1.06 bits per heavy atom. The van der Waals surface area contributed by atoms with Crippen molar-refractivity contribution < 1.29 is 18.8 Å². The van der Waals surface area contributed by atoms with E-state index in [2.05, 4.69) is 25.3 Å². The number of hydrogen-bond acceptors (Lipinski definition) is 8. The van der Waals surface area contributed by atoms with Gasteiger partial charge in [0.2, 0.25) is 11.7 Å². The molecule has 0 radical (unpaired) electrons. The van der Waals surface area contributed by atoms with Gasteiger partial charge in [-0.15, -0.1) is 0 Å². The molecule has 5 rings (SSSR count). The van der Waals surface area contributed by atoms with Gasteiger partial charge in [-0.1, -0.05) is 24.1 Å². The molecule has 10 heteroatoms. The third-order valence-corrected chi connectivity index (χ3v) is 6.93. The van der Waals surface area contributed by atoms with E-state index < -0.39 is 0 Å². The number of aromatic nitrogens is 3. The number of nitrogens with zero attached hydrogens (tertiary/aromatic N) is 5. The summed E-state index contributed by atoms with van der Waals surface area (Å²) < 4.78 is 16.1. The third kappa shape index (κ3) is 5.22. The summed E-state index contributed by atoms with van der Waals surface area (Å²) >= 11 is 0. The van der Waals surface area contributed by atoms with Gasteiger partial charge in [-0.25, -0.2) is 9.78 Å². The third-order valence-electron chi connectivity index (χ3n) is 6.93. The summed E-state index contributed by atoms with van der Waals surface area (Å²) in [6, 6.07) is 9.50. The number of rotatable bonds is 7. The predicted octanol–water partition coefficient (Wildman–Crippen LogP) is 3.84. The van der Waals surface area contributed by atoms with Crippen LogP contribution in [0.2, 0.25) is 0 Å². The van der Waals surface area contributed by atoms with Crippen molar-refractivity contribution in [1.82, 2.24) is 25.3 Å². The van der Waals surface area contributed by atoms with Crippen LogP contribution in [0.3, 0.4) is 0 Å². The summed E-state index contributed by atoms with van der Waals surface area (Å²) in [5.74, 6) is 3.91. The van der Waals surface area contributed by atoms with Gasteiger partial charge in [0.1, 0.15) is 5.82 Å². The fourth-order valence-corrected chi connectivity index (χ4v) is 4.82. The molecule has 1 aliphatic carbocycles. The van der Waals surface area contributed by atoms with E-state index in [4.69, 9.17) is 14.0 Å². The van der Waals surface area contributed by atoms with Crippen LogP contribution in [0.25, 0.3) is 11.4 Å². The maximum atomic E-state index is 12.7. The highest BCUT2D eigenvalue weighted by Gasteiger charge is 2.24. The van der Waals surface area contributed by atoms with Gasteiger partial charge in [0.05, 0.1) is 14.2 Å². The van der Waals surface area contributed by atoms with Crippen LogP contribution < -0.4 is 19.7 Å². The van der Waals surface area contributed by atoms with Crippen molar-refractivity contribution in [2.24, 2.45) is 0 Å². The van der Waals surface area contributed by atoms with Crippen molar-refractivity contribution in [3.05, 3.63) is 48.0 Å². The maximum absolute atomic E-state index is 12.7. The highest BCUT2D eigenvalue weighted by molar-refractivity contribution is 5.74. The van der Waals surface area contributed by atoms with Gasteiger partial charge < -0.3 is 29.1 Å². The van der Waals surface area contributed by atoms with Gasteiger partial charge >= 0.3 is 6.03 Å². The molecule has 2 aliphatic rings. The molecule has 0 atom stereocenters. The minimum Gasteiger partial charge on any atom is -0.493 e. The number of piperazine rings is 1. The minimum atomic E-state index is -0.0806. The number of carbonyl (C=O) groups is 1. The van der Waals surface area contributed by atoms with Crippen molar-refractivity contribution in [2.45, 2.75) is 38.1 Å².